The van der Waals surface area contributed by atoms with Crippen LogP contribution in [-0.2, 0) is 4.74 Å². The second-order valence-corrected chi connectivity index (χ2v) is 4.51. The van der Waals surface area contributed by atoms with Gasteiger partial charge in [0.05, 0.1) is 6.61 Å². The van der Waals surface area contributed by atoms with Crippen LogP contribution in [0.3, 0.4) is 0 Å². The molecule has 2 heteroatoms. The summed E-state index contributed by atoms with van der Waals surface area (Å²) in [6, 6.07) is 0.618. The minimum absolute atomic E-state index is 0.433. The average Bonchev–Trinajstić information content (AvgIpc) is 2.23. The summed E-state index contributed by atoms with van der Waals surface area (Å²) in [7, 11) is 3.95. The highest BCUT2D eigenvalue weighted by Gasteiger charge is 2.29. The molecule has 0 spiro atoms. The lowest BCUT2D eigenvalue weighted by atomic mass is 9.77. The molecule has 14 heavy (non-hydrogen) atoms. The van der Waals surface area contributed by atoms with Gasteiger partial charge in [-0.2, -0.15) is 0 Å². The molecule has 2 nitrogen and oxygen atoms in total. The molecular weight excluding hydrogens is 174 g/mol. The first-order chi connectivity index (χ1) is 6.51. The van der Waals surface area contributed by atoms with Gasteiger partial charge in [-0.3, -0.25) is 0 Å². The van der Waals surface area contributed by atoms with Crippen molar-refractivity contribution in [3.8, 4) is 0 Å². The third kappa shape index (κ3) is 3.58. The summed E-state index contributed by atoms with van der Waals surface area (Å²) in [4.78, 5) is 2.40. The molecule has 0 radical (unpaired) electrons. The first kappa shape index (κ1) is 13.9. The lowest BCUT2D eigenvalue weighted by Gasteiger charge is -2.39. The predicted octanol–water partition coefficient (Wildman–Crippen LogP) is 2.78. The Morgan fingerprint density at radius 2 is 1.79 bits per heavy atom. The van der Waals surface area contributed by atoms with Crippen molar-refractivity contribution in [1.29, 1.82) is 0 Å². The number of nitrogens with zero attached hydrogens (tertiary/aromatic N) is 1. The summed E-state index contributed by atoms with van der Waals surface area (Å²) in [5.41, 5.74) is 0.433. The van der Waals surface area contributed by atoms with Crippen molar-refractivity contribution in [2.45, 2.75) is 46.6 Å². The van der Waals surface area contributed by atoms with Crippen LogP contribution < -0.4 is 0 Å². The summed E-state index contributed by atoms with van der Waals surface area (Å²) in [6.07, 6.45) is 2.48. The van der Waals surface area contributed by atoms with E-state index < -0.39 is 0 Å². The summed E-state index contributed by atoms with van der Waals surface area (Å²) in [5.74, 6) is 0. The third-order valence-electron chi connectivity index (χ3n) is 3.93. The number of rotatable bonds is 7. The van der Waals surface area contributed by atoms with E-state index in [0.717, 1.165) is 13.2 Å². The van der Waals surface area contributed by atoms with Gasteiger partial charge >= 0.3 is 0 Å². The first-order valence-corrected chi connectivity index (χ1v) is 5.71. The topological polar surface area (TPSA) is 12.5 Å². The Morgan fingerprint density at radius 1 is 1.29 bits per heavy atom. The van der Waals surface area contributed by atoms with Gasteiger partial charge in [0.25, 0.3) is 0 Å². The van der Waals surface area contributed by atoms with Crippen LogP contribution in [0.2, 0.25) is 0 Å². The van der Waals surface area contributed by atoms with Gasteiger partial charge in [-0.25, -0.2) is 0 Å². The molecule has 0 saturated heterocycles. The van der Waals surface area contributed by atoms with Gasteiger partial charge in [0.15, 0.2) is 0 Å². The molecule has 1 unspecified atom stereocenters. The number of hydrogen-bond acceptors (Lipinski definition) is 2. The second kappa shape index (κ2) is 6.41. The van der Waals surface area contributed by atoms with Gasteiger partial charge in [-0.1, -0.05) is 20.8 Å². The molecule has 0 N–H and O–H groups in total. The van der Waals surface area contributed by atoms with E-state index in [-0.39, 0.29) is 0 Å². The number of methoxy groups -OCH3 is 1. The normalized spacial score (nSPS) is 14.8. The fourth-order valence-corrected chi connectivity index (χ4v) is 1.80. The van der Waals surface area contributed by atoms with Crippen LogP contribution in [-0.4, -0.2) is 38.3 Å². The number of ether oxygens (including phenoxy) is 1. The van der Waals surface area contributed by atoms with Crippen molar-refractivity contribution in [1.82, 2.24) is 4.90 Å². The minimum Gasteiger partial charge on any atom is -0.383 e. The van der Waals surface area contributed by atoms with Gasteiger partial charge in [0, 0.05) is 19.7 Å². The van der Waals surface area contributed by atoms with E-state index in [1.54, 1.807) is 7.11 Å². The maximum atomic E-state index is 5.10. The molecule has 1 atom stereocenters. The maximum Gasteiger partial charge on any atom is 0.0589 e. The molecule has 0 aromatic carbocycles. The standard InChI is InChI=1S/C12H27NO/c1-7-12(4,8-2)11(3)13(5)9-10-14-6/h11H,7-10H2,1-6H3. The Kier molecular flexibility index (Phi) is 6.38. The lowest BCUT2D eigenvalue weighted by molar-refractivity contribution is 0.0742. The summed E-state index contributed by atoms with van der Waals surface area (Å²) >= 11 is 0. The van der Waals surface area contributed by atoms with Crippen LogP contribution in [0.5, 0.6) is 0 Å². The van der Waals surface area contributed by atoms with Crippen molar-refractivity contribution >= 4 is 0 Å². The maximum absolute atomic E-state index is 5.10. The van der Waals surface area contributed by atoms with Gasteiger partial charge in [-0.15, -0.1) is 0 Å². The summed E-state index contributed by atoms with van der Waals surface area (Å²) in [6.45, 7) is 11.1. The zero-order valence-corrected chi connectivity index (χ0v) is 10.8. The van der Waals surface area contributed by atoms with Gasteiger partial charge in [0.1, 0.15) is 0 Å². The van der Waals surface area contributed by atoms with Crippen LogP contribution in [0.1, 0.15) is 40.5 Å². The number of hydrogen-bond donors (Lipinski definition) is 0. The molecule has 0 aromatic heterocycles. The monoisotopic (exact) mass is 201 g/mol. The fraction of sp³-hybridized carbons (Fsp3) is 1.00. The molecule has 0 aliphatic rings. The summed E-state index contributed by atoms with van der Waals surface area (Å²) in [5, 5.41) is 0. The van der Waals surface area contributed by atoms with E-state index in [4.69, 9.17) is 4.74 Å². The summed E-state index contributed by atoms with van der Waals surface area (Å²) < 4.78 is 5.10. The quantitative estimate of drug-likeness (QED) is 0.628. The Hall–Kier alpha value is -0.0800. The van der Waals surface area contributed by atoms with E-state index >= 15 is 0 Å². The molecule has 0 saturated carbocycles. The molecule has 0 heterocycles. The highest BCUT2D eigenvalue weighted by atomic mass is 16.5. The average molecular weight is 201 g/mol. The van der Waals surface area contributed by atoms with E-state index in [1.165, 1.54) is 12.8 Å². The van der Waals surface area contributed by atoms with Crippen LogP contribution >= 0.6 is 0 Å². The van der Waals surface area contributed by atoms with Gasteiger partial charge in [0.2, 0.25) is 0 Å². The molecule has 86 valence electrons. The van der Waals surface area contributed by atoms with Crippen molar-refractivity contribution in [3.63, 3.8) is 0 Å². The molecule has 0 bridgehead atoms. The molecular formula is C12H27NO. The Balaban J connectivity index is 4.19. The van der Waals surface area contributed by atoms with Crippen LogP contribution in [0.4, 0.5) is 0 Å². The largest absolute Gasteiger partial charge is 0.383 e. The third-order valence-corrected chi connectivity index (χ3v) is 3.93. The van der Waals surface area contributed by atoms with Crippen molar-refractivity contribution in [2.75, 3.05) is 27.3 Å². The Bertz CT molecular complexity index is 143. The van der Waals surface area contributed by atoms with Crippen molar-refractivity contribution < 1.29 is 4.74 Å². The zero-order valence-electron chi connectivity index (χ0n) is 10.8. The number of likely N-dealkylation sites (N-methyl/N-ethyl adjacent to an activating group) is 1. The van der Waals surface area contributed by atoms with E-state index in [2.05, 4.69) is 39.6 Å². The molecule has 0 amide bonds. The second-order valence-electron chi connectivity index (χ2n) is 4.51. The van der Waals surface area contributed by atoms with Gasteiger partial charge < -0.3 is 9.64 Å². The first-order valence-electron chi connectivity index (χ1n) is 5.71. The van der Waals surface area contributed by atoms with E-state index in [1.807, 2.05) is 0 Å². The molecule has 0 fully saturated rings. The van der Waals surface area contributed by atoms with Crippen LogP contribution in [0.25, 0.3) is 0 Å². The Labute approximate surface area is 89.6 Å². The van der Waals surface area contributed by atoms with Crippen molar-refractivity contribution in [2.24, 2.45) is 5.41 Å². The van der Waals surface area contributed by atoms with Crippen molar-refractivity contribution in [3.05, 3.63) is 0 Å². The highest BCUT2D eigenvalue weighted by Crippen LogP contribution is 2.32. The molecule has 0 rings (SSSR count). The SMILES string of the molecule is CCC(C)(CC)C(C)N(C)CCOC. The van der Waals surface area contributed by atoms with Gasteiger partial charge in [-0.05, 0) is 32.2 Å². The highest BCUT2D eigenvalue weighted by molar-refractivity contribution is 4.83. The van der Waals surface area contributed by atoms with E-state index in [9.17, 15) is 0 Å². The minimum atomic E-state index is 0.433. The van der Waals surface area contributed by atoms with Crippen LogP contribution in [0.15, 0.2) is 0 Å². The lowest BCUT2D eigenvalue weighted by Crippen LogP contribution is -2.43. The Morgan fingerprint density at radius 3 is 2.14 bits per heavy atom. The van der Waals surface area contributed by atoms with Crippen LogP contribution in [0, 0.1) is 5.41 Å². The molecule has 0 aliphatic heterocycles. The smallest absolute Gasteiger partial charge is 0.0589 e. The molecule has 0 aromatic rings. The molecule has 0 aliphatic carbocycles. The van der Waals surface area contributed by atoms with E-state index in [0.29, 0.717) is 11.5 Å². The zero-order chi connectivity index (χ0) is 11.2. The fourth-order valence-electron chi connectivity index (χ4n) is 1.80. The predicted molar refractivity (Wildman–Crippen MR) is 62.7 cm³/mol.